The largest absolute Gasteiger partial charge is 0.394 e. The number of aliphatic hydroxyl groups is 1. The predicted molar refractivity (Wildman–Crippen MR) is 107 cm³/mol. The van der Waals surface area contributed by atoms with E-state index in [2.05, 4.69) is 10.3 Å². The van der Waals surface area contributed by atoms with E-state index in [0.717, 1.165) is 36.1 Å². The summed E-state index contributed by atoms with van der Waals surface area (Å²) in [7, 11) is -1.09. The third-order valence-corrected chi connectivity index (χ3v) is 7.03. The smallest absolute Gasteiger partial charge is 0.161 e. The predicted octanol–water partition coefficient (Wildman–Crippen LogP) is 2.33. The summed E-state index contributed by atoms with van der Waals surface area (Å²) in [6, 6.07) is 7.95. The normalized spacial score (nSPS) is 20.8. The van der Waals surface area contributed by atoms with Gasteiger partial charge in [-0.1, -0.05) is 24.3 Å². The first kappa shape index (κ1) is 18.5. The molecule has 6 nitrogen and oxygen atoms in total. The van der Waals surface area contributed by atoms with E-state index in [1.807, 2.05) is 38.1 Å². The van der Waals surface area contributed by atoms with Crippen molar-refractivity contribution in [2.24, 2.45) is 5.73 Å². The Balaban J connectivity index is 1.74. The van der Waals surface area contributed by atoms with Crippen LogP contribution in [-0.4, -0.2) is 37.2 Å². The molecule has 0 radical (unpaired) electrons. The monoisotopic (exact) mass is 386 g/mol. The Bertz CT molecular complexity index is 881. The first-order valence-corrected chi connectivity index (χ1v) is 10.7. The average molecular weight is 387 g/mol. The first-order chi connectivity index (χ1) is 12.8. The quantitative estimate of drug-likeness (QED) is 0.729. The minimum absolute atomic E-state index is 0.0496. The van der Waals surface area contributed by atoms with E-state index >= 15 is 0 Å². The number of rotatable bonds is 5. The van der Waals surface area contributed by atoms with Crippen molar-refractivity contribution in [3.05, 3.63) is 35.5 Å². The molecule has 27 heavy (non-hydrogen) atoms. The van der Waals surface area contributed by atoms with Crippen LogP contribution in [0.3, 0.4) is 0 Å². The van der Waals surface area contributed by atoms with Gasteiger partial charge in [-0.2, -0.15) is 0 Å². The van der Waals surface area contributed by atoms with Gasteiger partial charge in [0.25, 0.3) is 0 Å². The second-order valence-corrected chi connectivity index (χ2v) is 9.69. The van der Waals surface area contributed by atoms with Crippen molar-refractivity contribution in [1.82, 2.24) is 9.97 Å². The first-order valence-electron chi connectivity index (χ1n) is 9.39. The zero-order valence-electron chi connectivity index (χ0n) is 15.8. The summed E-state index contributed by atoms with van der Waals surface area (Å²) in [5, 5.41) is 13.2. The molecule has 7 heteroatoms. The highest BCUT2D eigenvalue weighted by molar-refractivity contribution is 7.85. The maximum atomic E-state index is 12.5. The fourth-order valence-electron chi connectivity index (χ4n) is 3.64. The molecule has 1 aliphatic heterocycles. The van der Waals surface area contributed by atoms with Crippen LogP contribution in [0.4, 0.5) is 5.82 Å². The van der Waals surface area contributed by atoms with Crippen LogP contribution in [0.25, 0.3) is 11.4 Å². The number of nitrogens with one attached hydrogen (secondary N) is 1. The molecule has 1 aliphatic carbocycles. The van der Waals surface area contributed by atoms with E-state index in [0.29, 0.717) is 28.7 Å². The molecule has 2 aliphatic rings. The molecule has 1 aromatic carbocycles. The lowest BCUT2D eigenvalue weighted by Gasteiger charge is -2.41. The van der Waals surface area contributed by atoms with Crippen LogP contribution < -0.4 is 11.1 Å². The van der Waals surface area contributed by atoms with E-state index < -0.39 is 16.3 Å². The lowest BCUT2D eigenvalue weighted by molar-refractivity contribution is 0.143. The molecule has 1 saturated carbocycles. The van der Waals surface area contributed by atoms with Gasteiger partial charge in [0, 0.05) is 23.3 Å². The number of nitrogens with two attached hydrogens (primary N) is 1. The van der Waals surface area contributed by atoms with Gasteiger partial charge in [0.05, 0.1) is 28.6 Å². The fraction of sp³-hybridized carbons (Fsp3) is 0.500. The molecule has 0 unspecified atom stereocenters. The number of anilines is 1. The van der Waals surface area contributed by atoms with Gasteiger partial charge < -0.3 is 16.2 Å². The standard InChI is InChI=1S/C20H26N4O2S/c1-19(2,21)14-6-4-13(5-7-14)17-22-15-8-11-27(26)16(15)18(23-17)24-20(12-25)9-3-10-20/h4-7,25H,3,8-12,21H2,1-2H3,(H,22,23,24)/t27-/m1/s1. The number of hydrogen-bond donors (Lipinski definition) is 3. The SMILES string of the molecule is CC(C)(N)c1ccc(-c2nc3c(c(NC4(CO)CCC4)n2)[S@](=O)CC3)cc1. The number of aromatic nitrogens is 2. The molecule has 0 spiro atoms. The van der Waals surface area contributed by atoms with Crippen molar-refractivity contribution in [1.29, 1.82) is 0 Å². The molecule has 1 fully saturated rings. The lowest BCUT2D eigenvalue weighted by atomic mass is 9.77. The number of aliphatic hydroxyl groups excluding tert-OH is 1. The van der Waals surface area contributed by atoms with Crippen molar-refractivity contribution in [2.45, 2.75) is 55.5 Å². The summed E-state index contributed by atoms with van der Waals surface area (Å²) in [5.41, 5.74) is 8.20. The Morgan fingerprint density at radius 2 is 1.96 bits per heavy atom. The molecule has 2 heterocycles. The summed E-state index contributed by atoms with van der Waals surface area (Å²) in [5.74, 6) is 1.81. The molecule has 4 N–H and O–H groups in total. The van der Waals surface area contributed by atoms with Crippen molar-refractivity contribution in [3.63, 3.8) is 0 Å². The van der Waals surface area contributed by atoms with Crippen molar-refractivity contribution in [2.75, 3.05) is 17.7 Å². The Hall–Kier alpha value is -1.83. The van der Waals surface area contributed by atoms with Crippen LogP contribution in [0.15, 0.2) is 29.2 Å². The second kappa shape index (κ2) is 6.65. The van der Waals surface area contributed by atoms with Gasteiger partial charge in [-0.3, -0.25) is 4.21 Å². The highest BCUT2D eigenvalue weighted by atomic mass is 32.2. The fourth-order valence-corrected chi connectivity index (χ4v) is 4.94. The van der Waals surface area contributed by atoms with E-state index in [1.54, 1.807) is 0 Å². The molecule has 1 aromatic heterocycles. The lowest BCUT2D eigenvalue weighted by Crippen LogP contribution is -2.48. The minimum Gasteiger partial charge on any atom is -0.394 e. The minimum atomic E-state index is -1.09. The van der Waals surface area contributed by atoms with Gasteiger partial charge in [0.1, 0.15) is 10.7 Å². The maximum absolute atomic E-state index is 12.5. The van der Waals surface area contributed by atoms with Crippen molar-refractivity contribution >= 4 is 16.6 Å². The van der Waals surface area contributed by atoms with Gasteiger partial charge in [-0.25, -0.2) is 9.97 Å². The topological polar surface area (TPSA) is 101 Å². The van der Waals surface area contributed by atoms with Crippen LogP contribution in [0.5, 0.6) is 0 Å². The highest BCUT2D eigenvalue weighted by Gasteiger charge is 2.38. The third kappa shape index (κ3) is 3.39. The van der Waals surface area contributed by atoms with E-state index in [4.69, 9.17) is 10.7 Å². The van der Waals surface area contributed by atoms with Gasteiger partial charge in [0.2, 0.25) is 0 Å². The van der Waals surface area contributed by atoms with Gasteiger partial charge in [0.15, 0.2) is 5.82 Å². The molecule has 4 rings (SSSR count). The Morgan fingerprint density at radius 3 is 2.52 bits per heavy atom. The van der Waals surface area contributed by atoms with E-state index in [9.17, 15) is 9.32 Å². The number of benzene rings is 1. The van der Waals surface area contributed by atoms with Gasteiger partial charge in [-0.15, -0.1) is 0 Å². The Kier molecular flexibility index (Phi) is 4.56. The van der Waals surface area contributed by atoms with E-state index in [-0.39, 0.29) is 12.1 Å². The zero-order chi connectivity index (χ0) is 19.2. The summed E-state index contributed by atoms with van der Waals surface area (Å²) in [6.45, 7) is 3.99. The van der Waals surface area contributed by atoms with Crippen LogP contribution in [-0.2, 0) is 22.8 Å². The zero-order valence-corrected chi connectivity index (χ0v) is 16.6. The highest BCUT2D eigenvalue weighted by Crippen LogP contribution is 2.38. The van der Waals surface area contributed by atoms with Gasteiger partial charge >= 0.3 is 0 Å². The summed E-state index contributed by atoms with van der Waals surface area (Å²) >= 11 is 0. The molecular weight excluding hydrogens is 360 g/mol. The molecule has 2 aromatic rings. The number of aryl methyl sites for hydroxylation is 1. The number of nitrogens with zero attached hydrogens (tertiary/aromatic N) is 2. The van der Waals surface area contributed by atoms with Crippen LogP contribution in [0.2, 0.25) is 0 Å². The molecule has 0 saturated heterocycles. The molecule has 0 bridgehead atoms. The summed E-state index contributed by atoms with van der Waals surface area (Å²) in [6.07, 6.45) is 3.55. The third-order valence-electron chi connectivity index (χ3n) is 5.57. The molecule has 0 amide bonds. The Labute approximate surface area is 162 Å². The van der Waals surface area contributed by atoms with Crippen LogP contribution in [0, 0.1) is 0 Å². The maximum Gasteiger partial charge on any atom is 0.161 e. The van der Waals surface area contributed by atoms with Crippen molar-refractivity contribution < 1.29 is 9.32 Å². The van der Waals surface area contributed by atoms with Gasteiger partial charge in [-0.05, 0) is 38.7 Å². The molecule has 144 valence electrons. The number of hydrogen-bond acceptors (Lipinski definition) is 6. The average Bonchev–Trinajstić information content (AvgIpc) is 2.99. The molecular formula is C20H26N4O2S. The molecule has 1 atom stereocenters. The summed E-state index contributed by atoms with van der Waals surface area (Å²) in [4.78, 5) is 10.1. The summed E-state index contributed by atoms with van der Waals surface area (Å²) < 4.78 is 12.5. The Morgan fingerprint density at radius 1 is 1.26 bits per heavy atom. The number of fused-ring (bicyclic) bond motifs is 1. The van der Waals surface area contributed by atoms with E-state index in [1.165, 1.54) is 0 Å². The second-order valence-electron chi connectivity index (χ2n) is 8.19. The van der Waals surface area contributed by atoms with Crippen LogP contribution >= 0.6 is 0 Å². The van der Waals surface area contributed by atoms with Crippen LogP contribution in [0.1, 0.15) is 44.4 Å². The van der Waals surface area contributed by atoms with Crippen molar-refractivity contribution in [3.8, 4) is 11.4 Å².